The zero-order valence-corrected chi connectivity index (χ0v) is 15.2. The molecule has 7 heteroatoms. The maximum Gasteiger partial charge on any atom is 0.256 e. The molecule has 0 saturated carbocycles. The van der Waals surface area contributed by atoms with E-state index in [0.29, 0.717) is 0 Å². The number of ether oxygens (including phenoxy) is 2. The molecule has 1 atom stereocenters. The van der Waals surface area contributed by atoms with E-state index in [9.17, 15) is 4.79 Å². The number of anilines is 1. The van der Waals surface area contributed by atoms with Gasteiger partial charge in [0.2, 0.25) is 6.79 Å². The summed E-state index contributed by atoms with van der Waals surface area (Å²) in [5.74, 6) is 1.54. The molecule has 2 N–H and O–H groups in total. The van der Waals surface area contributed by atoms with E-state index in [4.69, 9.17) is 9.47 Å². The molecule has 3 aliphatic rings. The number of nitrogens with zero attached hydrogens (tertiary/aromatic N) is 1. The molecule has 3 aliphatic heterocycles. The minimum absolute atomic E-state index is 0.0149. The van der Waals surface area contributed by atoms with Gasteiger partial charge in [-0.15, -0.1) is 11.3 Å². The number of hydrogen-bond donors (Lipinski definition) is 2. The fourth-order valence-electron chi connectivity index (χ4n) is 3.58. The van der Waals surface area contributed by atoms with Crippen molar-refractivity contribution in [2.75, 3.05) is 25.7 Å². The van der Waals surface area contributed by atoms with Crippen molar-refractivity contribution < 1.29 is 14.3 Å². The number of rotatable bonds is 2. The molecule has 0 fully saturated rings. The average Bonchev–Trinajstić information content (AvgIpc) is 3.22. The molecule has 26 heavy (non-hydrogen) atoms. The van der Waals surface area contributed by atoms with Crippen LogP contribution in [0.1, 0.15) is 26.4 Å². The first-order chi connectivity index (χ1) is 12.7. The Morgan fingerprint density at radius 1 is 1.27 bits per heavy atom. The van der Waals surface area contributed by atoms with Gasteiger partial charge in [-0.25, -0.2) is 0 Å². The van der Waals surface area contributed by atoms with Crippen molar-refractivity contribution in [3.05, 3.63) is 45.8 Å². The van der Waals surface area contributed by atoms with Crippen LogP contribution in [0.3, 0.4) is 0 Å². The van der Waals surface area contributed by atoms with Crippen LogP contribution in [0.4, 0.5) is 5.00 Å². The highest BCUT2D eigenvalue weighted by atomic mass is 32.1. The van der Waals surface area contributed by atoms with Gasteiger partial charge in [0.1, 0.15) is 11.2 Å². The highest BCUT2D eigenvalue weighted by Crippen LogP contribution is 2.39. The molecule has 1 amide bonds. The molecule has 2 aromatic rings. The maximum absolute atomic E-state index is 12.6. The summed E-state index contributed by atoms with van der Waals surface area (Å²) in [6.45, 7) is 2.18. The molecule has 0 saturated heterocycles. The second-order valence-corrected chi connectivity index (χ2v) is 7.87. The topological polar surface area (TPSA) is 62.8 Å². The number of carbonyl (C=O) groups is 1. The van der Waals surface area contributed by atoms with Crippen LogP contribution in [-0.4, -0.2) is 37.4 Å². The van der Waals surface area contributed by atoms with Crippen molar-refractivity contribution in [1.29, 1.82) is 0 Å². The number of benzene rings is 1. The van der Waals surface area contributed by atoms with Crippen LogP contribution in [0.15, 0.2) is 24.3 Å². The van der Waals surface area contributed by atoms with E-state index < -0.39 is 0 Å². The Hall–Kier alpha value is -2.51. The fourth-order valence-corrected chi connectivity index (χ4v) is 4.95. The van der Waals surface area contributed by atoms with Gasteiger partial charge < -0.3 is 25.0 Å². The molecule has 134 valence electrons. The molecule has 1 aromatic carbocycles. The number of thiophene rings is 1. The Labute approximate surface area is 155 Å². The number of fused-ring (bicyclic) bond motifs is 4. The fraction of sp³-hybridized carbons (Fsp3) is 0.316. The van der Waals surface area contributed by atoms with E-state index in [1.165, 1.54) is 10.4 Å². The monoisotopic (exact) mass is 369 g/mol. The lowest BCUT2D eigenvalue weighted by Gasteiger charge is -2.25. The first kappa shape index (κ1) is 15.7. The lowest BCUT2D eigenvalue weighted by Crippen LogP contribution is -2.43. The average molecular weight is 369 g/mol. The van der Waals surface area contributed by atoms with Gasteiger partial charge in [-0.05, 0) is 42.8 Å². The Morgan fingerprint density at radius 3 is 3.08 bits per heavy atom. The molecular weight excluding hydrogens is 350 g/mol. The molecule has 1 aromatic heterocycles. The van der Waals surface area contributed by atoms with Crippen LogP contribution in [0, 0.1) is 0 Å². The number of nitrogens with one attached hydrogen (secondary N) is 2. The van der Waals surface area contributed by atoms with Gasteiger partial charge in [0.25, 0.3) is 5.91 Å². The van der Waals surface area contributed by atoms with E-state index >= 15 is 0 Å². The van der Waals surface area contributed by atoms with Gasteiger partial charge in [0, 0.05) is 18.0 Å². The van der Waals surface area contributed by atoms with E-state index in [2.05, 4.69) is 22.6 Å². The van der Waals surface area contributed by atoms with Crippen LogP contribution in [0.2, 0.25) is 0 Å². The van der Waals surface area contributed by atoms with E-state index in [1.807, 2.05) is 30.4 Å². The normalized spacial score (nSPS) is 21.3. The summed E-state index contributed by atoms with van der Waals surface area (Å²) in [6, 6.07) is 5.81. The summed E-state index contributed by atoms with van der Waals surface area (Å²) < 4.78 is 10.7. The van der Waals surface area contributed by atoms with E-state index in [0.717, 1.165) is 47.1 Å². The minimum Gasteiger partial charge on any atom is -0.454 e. The van der Waals surface area contributed by atoms with Crippen molar-refractivity contribution in [3.63, 3.8) is 0 Å². The third-order valence-corrected chi connectivity index (χ3v) is 6.07. The highest BCUT2D eigenvalue weighted by molar-refractivity contribution is 7.16. The molecule has 0 radical (unpaired) electrons. The highest BCUT2D eigenvalue weighted by Gasteiger charge is 2.31. The lowest BCUT2D eigenvalue weighted by molar-refractivity contribution is 0.0942. The number of likely N-dealkylation sites (N-methyl/N-ethyl adjacent to an activating group) is 1. The summed E-state index contributed by atoms with van der Waals surface area (Å²) in [6.07, 6.45) is 4.65. The van der Waals surface area contributed by atoms with Gasteiger partial charge in [-0.2, -0.15) is 0 Å². The second-order valence-electron chi connectivity index (χ2n) is 6.76. The third kappa shape index (κ3) is 2.64. The van der Waals surface area contributed by atoms with Crippen molar-refractivity contribution in [2.24, 2.45) is 0 Å². The van der Waals surface area contributed by atoms with Crippen molar-refractivity contribution in [1.82, 2.24) is 10.2 Å². The van der Waals surface area contributed by atoms with Gasteiger partial charge in [0.05, 0.1) is 5.56 Å². The SMILES string of the molecule is CN1CCc2c(sc3c2C(=O)N[C@H](C=Cc2ccc4c(c2)OCO4)N3)C1. The third-order valence-electron chi connectivity index (χ3n) is 4.93. The summed E-state index contributed by atoms with van der Waals surface area (Å²) in [7, 11) is 2.12. The minimum atomic E-state index is -0.224. The molecule has 0 spiro atoms. The Kier molecular flexibility index (Phi) is 3.65. The molecule has 5 rings (SSSR count). The molecule has 0 bridgehead atoms. The Bertz CT molecular complexity index is 921. The molecule has 4 heterocycles. The standard InChI is InChI=1S/C19H19N3O3S/c1-22-7-6-12-15(9-22)26-19-17(12)18(23)20-16(21-19)5-3-11-2-4-13-14(8-11)25-10-24-13/h2-5,8,16,21H,6-7,9-10H2,1H3,(H,20,23)/t16-/m0/s1. The smallest absolute Gasteiger partial charge is 0.256 e. The lowest BCUT2D eigenvalue weighted by atomic mass is 10.0. The van der Waals surface area contributed by atoms with Gasteiger partial charge in [-0.3, -0.25) is 4.79 Å². The van der Waals surface area contributed by atoms with Crippen LogP contribution in [0.5, 0.6) is 11.5 Å². The van der Waals surface area contributed by atoms with Crippen LogP contribution >= 0.6 is 11.3 Å². The van der Waals surface area contributed by atoms with Crippen molar-refractivity contribution in [2.45, 2.75) is 19.1 Å². The van der Waals surface area contributed by atoms with Crippen LogP contribution < -0.4 is 20.1 Å². The predicted octanol–water partition coefficient (Wildman–Crippen LogP) is 2.66. The van der Waals surface area contributed by atoms with Crippen molar-refractivity contribution >= 4 is 28.3 Å². The van der Waals surface area contributed by atoms with Gasteiger partial charge >= 0.3 is 0 Å². The van der Waals surface area contributed by atoms with E-state index in [1.54, 1.807) is 11.3 Å². The molecular formula is C19H19N3O3S. The maximum atomic E-state index is 12.6. The van der Waals surface area contributed by atoms with Crippen LogP contribution in [-0.2, 0) is 13.0 Å². The first-order valence-electron chi connectivity index (χ1n) is 8.66. The summed E-state index contributed by atoms with van der Waals surface area (Å²) in [5, 5.41) is 7.47. The van der Waals surface area contributed by atoms with Gasteiger partial charge in [-0.1, -0.05) is 12.1 Å². The summed E-state index contributed by atoms with van der Waals surface area (Å²) in [4.78, 5) is 16.2. The molecule has 6 nitrogen and oxygen atoms in total. The Morgan fingerprint density at radius 2 is 2.15 bits per heavy atom. The summed E-state index contributed by atoms with van der Waals surface area (Å²) in [5.41, 5.74) is 3.06. The zero-order chi connectivity index (χ0) is 17.7. The number of carbonyl (C=O) groups excluding carboxylic acids is 1. The number of amides is 1. The Balaban J connectivity index is 1.37. The quantitative estimate of drug-likeness (QED) is 0.852. The first-order valence-corrected chi connectivity index (χ1v) is 9.47. The van der Waals surface area contributed by atoms with Gasteiger partial charge in [0.15, 0.2) is 11.5 Å². The number of hydrogen-bond acceptors (Lipinski definition) is 6. The van der Waals surface area contributed by atoms with E-state index in [-0.39, 0.29) is 18.9 Å². The van der Waals surface area contributed by atoms with Crippen molar-refractivity contribution in [3.8, 4) is 11.5 Å². The molecule has 0 unspecified atom stereocenters. The largest absolute Gasteiger partial charge is 0.454 e. The predicted molar refractivity (Wildman–Crippen MR) is 101 cm³/mol. The second kappa shape index (κ2) is 6.03. The summed E-state index contributed by atoms with van der Waals surface area (Å²) >= 11 is 1.70. The molecule has 0 aliphatic carbocycles. The van der Waals surface area contributed by atoms with Crippen LogP contribution in [0.25, 0.3) is 6.08 Å². The zero-order valence-electron chi connectivity index (χ0n) is 14.4.